The van der Waals surface area contributed by atoms with Crippen molar-refractivity contribution < 1.29 is 23.1 Å². The quantitative estimate of drug-likeness (QED) is 0.312. The summed E-state index contributed by atoms with van der Waals surface area (Å²) in [6.45, 7) is 3.43. The van der Waals surface area contributed by atoms with E-state index in [9.17, 15) is 18.3 Å². The highest BCUT2D eigenvalue weighted by Gasteiger charge is 2.39. The van der Waals surface area contributed by atoms with E-state index in [-0.39, 0.29) is 0 Å². The maximum absolute atomic E-state index is 14.5. The Kier molecular flexibility index (Phi) is 8.97. The van der Waals surface area contributed by atoms with Gasteiger partial charge in [0.25, 0.3) is 0 Å². The molecule has 41 heavy (non-hydrogen) atoms. The second-order valence-electron chi connectivity index (χ2n) is 11.6. The average Bonchev–Trinajstić information content (AvgIpc) is 3.01. The maximum atomic E-state index is 14.5. The minimum Gasteiger partial charge on any atom is -0.455 e. The van der Waals surface area contributed by atoms with E-state index in [1.165, 1.54) is 15.4 Å². The van der Waals surface area contributed by atoms with E-state index in [1.807, 2.05) is 48.5 Å². The van der Waals surface area contributed by atoms with Crippen molar-refractivity contribution in [3.8, 4) is 0 Å². The van der Waals surface area contributed by atoms with E-state index < -0.39 is 40.2 Å². The number of hydrogen-bond donors (Lipinski definition) is 1. The number of aliphatic hydroxyl groups is 1. The lowest BCUT2D eigenvalue weighted by Gasteiger charge is -2.35. The molecular formula is C34H41NO5S. The van der Waals surface area contributed by atoms with Crippen LogP contribution in [0.1, 0.15) is 85.1 Å². The molecule has 0 saturated carbocycles. The zero-order valence-corrected chi connectivity index (χ0v) is 25.1. The van der Waals surface area contributed by atoms with Crippen LogP contribution in [0, 0.1) is 5.92 Å². The molecule has 7 heteroatoms. The van der Waals surface area contributed by atoms with Gasteiger partial charge >= 0.3 is 5.97 Å². The van der Waals surface area contributed by atoms with Crippen molar-refractivity contribution in [2.75, 3.05) is 7.05 Å². The zero-order chi connectivity index (χ0) is 29.1. The third-order valence-electron chi connectivity index (χ3n) is 8.92. The lowest BCUT2D eigenvalue weighted by Crippen LogP contribution is -2.42. The molecule has 0 radical (unpaired) electrons. The Morgan fingerprint density at radius 1 is 0.805 bits per heavy atom. The molecule has 0 saturated heterocycles. The fourth-order valence-electron chi connectivity index (χ4n) is 6.34. The molecule has 0 amide bonds. The Morgan fingerprint density at radius 3 is 1.83 bits per heavy atom. The minimum atomic E-state index is -3.90. The Balaban J connectivity index is 1.48. The van der Waals surface area contributed by atoms with Crippen LogP contribution in [0.15, 0.2) is 71.6 Å². The fraction of sp³-hybridized carbons (Fsp3) is 0.441. The lowest BCUT2D eigenvalue weighted by molar-refractivity contribution is -0.160. The third kappa shape index (κ3) is 5.99. The summed E-state index contributed by atoms with van der Waals surface area (Å²) in [5.74, 6) is -1.42. The van der Waals surface area contributed by atoms with Gasteiger partial charge in [-0.1, -0.05) is 66.7 Å². The highest BCUT2D eigenvalue weighted by molar-refractivity contribution is 7.89. The first-order valence-corrected chi connectivity index (χ1v) is 16.3. The molecule has 0 aliphatic heterocycles. The van der Waals surface area contributed by atoms with Gasteiger partial charge in [0.2, 0.25) is 10.0 Å². The highest BCUT2D eigenvalue weighted by Crippen LogP contribution is 2.39. The molecule has 6 nitrogen and oxygen atoms in total. The van der Waals surface area contributed by atoms with Gasteiger partial charge in [-0.2, -0.15) is 4.31 Å². The van der Waals surface area contributed by atoms with Crippen LogP contribution in [0.5, 0.6) is 0 Å². The van der Waals surface area contributed by atoms with Crippen molar-refractivity contribution in [1.29, 1.82) is 0 Å². The summed E-state index contributed by atoms with van der Waals surface area (Å²) in [4.78, 5) is 13.9. The molecule has 2 aliphatic rings. The van der Waals surface area contributed by atoms with Crippen LogP contribution in [-0.4, -0.2) is 36.9 Å². The van der Waals surface area contributed by atoms with Gasteiger partial charge in [-0.15, -0.1) is 0 Å². The van der Waals surface area contributed by atoms with Gasteiger partial charge in [-0.05, 0) is 98.6 Å². The Bertz CT molecular complexity index is 1440. The number of sulfonamides is 1. The number of ether oxygens (including phenoxy) is 1. The first-order chi connectivity index (χ1) is 19.7. The van der Waals surface area contributed by atoms with Gasteiger partial charge in [-0.25, -0.2) is 8.42 Å². The summed E-state index contributed by atoms with van der Waals surface area (Å²) in [6.07, 6.45) is 5.60. The van der Waals surface area contributed by atoms with Crippen LogP contribution < -0.4 is 0 Å². The number of carbonyl (C=O) groups is 1. The number of carbonyl (C=O) groups excluding carboxylic acids is 1. The van der Waals surface area contributed by atoms with Crippen LogP contribution in [0.3, 0.4) is 0 Å². The number of likely N-dealkylation sites (N-methyl/N-ethyl adjacent to an activating group) is 1. The molecule has 0 unspecified atom stereocenters. The summed E-state index contributed by atoms with van der Waals surface area (Å²) in [5, 5.41) is 10.9. The van der Waals surface area contributed by atoms with E-state index in [2.05, 4.69) is 6.07 Å². The topological polar surface area (TPSA) is 83.9 Å². The Labute approximate surface area is 244 Å². The molecule has 2 aliphatic carbocycles. The van der Waals surface area contributed by atoms with Gasteiger partial charge in [0.15, 0.2) is 0 Å². The predicted molar refractivity (Wildman–Crippen MR) is 160 cm³/mol. The summed E-state index contributed by atoms with van der Waals surface area (Å²) >= 11 is 0. The number of aliphatic hydroxyl groups excluding tert-OH is 1. The SMILES string of the molecule is C[C@@H](C(=O)O[C@H](c1ccccc1)[C@H](C)N(C)S(=O)(=O)c1c2c(cc3c1CCCC3)CCCC2)[C@@H](O)c1ccccc1. The van der Waals surface area contributed by atoms with Gasteiger partial charge in [0.1, 0.15) is 6.10 Å². The monoisotopic (exact) mass is 575 g/mol. The van der Waals surface area contributed by atoms with Gasteiger partial charge in [0, 0.05) is 7.05 Å². The number of benzene rings is 3. The van der Waals surface area contributed by atoms with Crippen molar-refractivity contribution in [3.63, 3.8) is 0 Å². The van der Waals surface area contributed by atoms with Gasteiger partial charge < -0.3 is 9.84 Å². The number of nitrogens with zero attached hydrogens (tertiary/aromatic N) is 1. The average molecular weight is 576 g/mol. The smallest absolute Gasteiger partial charge is 0.312 e. The second kappa shape index (κ2) is 12.5. The summed E-state index contributed by atoms with van der Waals surface area (Å²) in [7, 11) is -2.30. The van der Waals surface area contributed by atoms with Crippen molar-refractivity contribution in [2.45, 2.75) is 88.4 Å². The molecule has 3 aromatic rings. The van der Waals surface area contributed by atoms with Gasteiger partial charge in [-0.3, -0.25) is 4.79 Å². The van der Waals surface area contributed by atoms with E-state index in [0.29, 0.717) is 16.0 Å². The molecule has 218 valence electrons. The molecule has 0 fully saturated rings. The lowest BCUT2D eigenvalue weighted by atomic mass is 9.83. The van der Waals surface area contributed by atoms with Crippen LogP contribution >= 0.6 is 0 Å². The van der Waals surface area contributed by atoms with Crippen molar-refractivity contribution in [3.05, 3.63) is 100 Å². The van der Waals surface area contributed by atoms with Crippen LogP contribution in [-0.2, 0) is 45.2 Å². The summed E-state index contributed by atoms with van der Waals surface area (Å²) in [5.41, 5.74) is 5.62. The Hall–Kier alpha value is -3.00. The van der Waals surface area contributed by atoms with Crippen LogP contribution in [0.25, 0.3) is 0 Å². The number of rotatable bonds is 9. The molecule has 4 atom stereocenters. The van der Waals surface area contributed by atoms with Crippen molar-refractivity contribution in [1.82, 2.24) is 4.31 Å². The normalized spacial score (nSPS) is 18.1. The maximum Gasteiger partial charge on any atom is 0.312 e. The second-order valence-corrected chi connectivity index (χ2v) is 13.5. The summed E-state index contributed by atoms with van der Waals surface area (Å²) in [6, 6.07) is 19.9. The number of esters is 1. The number of aryl methyl sites for hydroxylation is 2. The van der Waals surface area contributed by atoms with E-state index >= 15 is 0 Å². The first kappa shape index (κ1) is 29.5. The largest absolute Gasteiger partial charge is 0.455 e. The van der Waals surface area contributed by atoms with Crippen LogP contribution in [0.4, 0.5) is 0 Å². The van der Waals surface area contributed by atoms with E-state index in [1.54, 1.807) is 33.0 Å². The standard InChI is InChI=1S/C34H41NO5S/c1-23(31(36)25-14-6-4-7-15-25)34(37)40-32(26-16-8-5-9-17-26)24(2)35(3)41(38,39)33-29-20-12-10-18-27(29)22-28-19-11-13-21-30(28)33/h4-9,14-17,22-24,31-32,36H,10-13,18-21H2,1-3H3/t23-,24+,31-,32+/m1/s1. The molecule has 0 aromatic heterocycles. The third-order valence-corrected chi connectivity index (χ3v) is 11.0. The molecule has 0 spiro atoms. The Morgan fingerprint density at radius 2 is 1.29 bits per heavy atom. The number of fused-ring (bicyclic) bond motifs is 2. The molecule has 0 bridgehead atoms. The molecule has 3 aromatic carbocycles. The van der Waals surface area contributed by atoms with Crippen molar-refractivity contribution >= 4 is 16.0 Å². The van der Waals surface area contributed by atoms with Gasteiger partial charge in [0.05, 0.1) is 23.0 Å². The van der Waals surface area contributed by atoms with Crippen LogP contribution in [0.2, 0.25) is 0 Å². The zero-order valence-electron chi connectivity index (χ0n) is 24.3. The first-order valence-electron chi connectivity index (χ1n) is 14.8. The fourth-order valence-corrected chi connectivity index (χ4v) is 8.27. The molecule has 1 N–H and O–H groups in total. The molecule has 0 heterocycles. The van der Waals surface area contributed by atoms with E-state index in [0.717, 1.165) is 62.5 Å². The van der Waals surface area contributed by atoms with E-state index in [4.69, 9.17) is 4.74 Å². The molecular weight excluding hydrogens is 534 g/mol. The van der Waals surface area contributed by atoms with Crippen molar-refractivity contribution in [2.24, 2.45) is 5.92 Å². The molecule has 5 rings (SSSR count). The summed E-state index contributed by atoms with van der Waals surface area (Å²) < 4.78 is 36.5. The predicted octanol–water partition coefficient (Wildman–Crippen LogP) is 6.11. The highest BCUT2D eigenvalue weighted by atomic mass is 32.2. The minimum absolute atomic E-state index is 0.491. The number of hydrogen-bond acceptors (Lipinski definition) is 5.